The highest BCUT2D eigenvalue weighted by molar-refractivity contribution is 5.85. The van der Waals surface area contributed by atoms with Gasteiger partial charge in [0.2, 0.25) is 0 Å². The van der Waals surface area contributed by atoms with E-state index < -0.39 is 4.92 Å². The Morgan fingerprint density at radius 1 is 1.08 bits per heavy atom. The number of hydrogen-bond acceptors (Lipinski definition) is 6. The van der Waals surface area contributed by atoms with Crippen molar-refractivity contribution in [2.75, 3.05) is 14.2 Å². The van der Waals surface area contributed by atoms with Crippen LogP contribution in [0.3, 0.4) is 0 Å². The van der Waals surface area contributed by atoms with E-state index in [-0.39, 0.29) is 5.69 Å². The quantitative estimate of drug-likeness (QED) is 0.529. The summed E-state index contributed by atoms with van der Waals surface area (Å²) in [5.41, 5.74) is 2.50. The molecule has 24 heavy (non-hydrogen) atoms. The van der Waals surface area contributed by atoms with E-state index in [9.17, 15) is 10.1 Å². The SMILES string of the molecule is COc1cc2nccc(Cc3ccc([N+](=O)[O-])cn3)c2cc1OC. The van der Waals surface area contributed by atoms with E-state index in [1.54, 1.807) is 26.5 Å². The van der Waals surface area contributed by atoms with Gasteiger partial charge in [0.25, 0.3) is 5.69 Å². The van der Waals surface area contributed by atoms with Crippen LogP contribution in [0, 0.1) is 10.1 Å². The number of hydrogen-bond donors (Lipinski definition) is 0. The Morgan fingerprint density at radius 2 is 1.83 bits per heavy atom. The zero-order valence-corrected chi connectivity index (χ0v) is 13.2. The molecule has 122 valence electrons. The highest BCUT2D eigenvalue weighted by atomic mass is 16.6. The molecule has 7 nitrogen and oxygen atoms in total. The molecule has 0 spiro atoms. The van der Waals surface area contributed by atoms with Crippen molar-refractivity contribution in [3.05, 3.63) is 64.1 Å². The third kappa shape index (κ3) is 2.96. The molecule has 0 bridgehead atoms. The van der Waals surface area contributed by atoms with Crippen LogP contribution in [0.2, 0.25) is 0 Å². The molecule has 0 saturated heterocycles. The Labute approximate surface area is 138 Å². The van der Waals surface area contributed by atoms with Crippen molar-refractivity contribution in [3.63, 3.8) is 0 Å². The van der Waals surface area contributed by atoms with E-state index in [0.717, 1.165) is 22.2 Å². The molecule has 0 unspecified atom stereocenters. The summed E-state index contributed by atoms with van der Waals surface area (Å²) in [6.07, 6.45) is 3.52. The van der Waals surface area contributed by atoms with Crippen molar-refractivity contribution in [2.24, 2.45) is 0 Å². The summed E-state index contributed by atoms with van der Waals surface area (Å²) in [5, 5.41) is 11.6. The van der Waals surface area contributed by atoms with Gasteiger partial charge in [-0.25, -0.2) is 0 Å². The summed E-state index contributed by atoms with van der Waals surface area (Å²) in [6.45, 7) is 0. The third-order valence-electron chi connectivity index (χ3n) is 3.73. The van der Waals surface area contributed by atoms with Crippen LogP contribution in [-0.2, 0) is 6.42 Å². The molecule has 0 atom stereocenters. The molecular weight excluding hydrogens is 310 g/mol. The second-order valence-electron chi connectivity index (χ2n) is 5.14. The molecule has 0 aliphatic rings. The van der Waals surface area contributed by atoms with Gasteiger partial charge in [-0.1, -0.05) is 0 Å². The predicted octanol–water partition coefficient (Wildman–Crippen LogP) is 3.15. The van der Waals surface area contributed by atoms with Crippen molar-refractivity contribution in [3.8, 4) is 11.5 Å². The molecule has 3 aromatic rings. The maximum absolute atomic E-state index is 10.7. The Balaban J connectivity index is 2.01. The zero-order chi connectivity index (χ0) is 17.1. The van der Waals surface area contributed by atoms with E-state index in [1.165, 1.54) is 12.3 Å². The normalized spacial score (nSPS) is 10.6. The van der Waals surface area contributed by atoms with Gasteiger partial charge in [0.05, 0.1) is 24.7 Å². The molecule has 2 heterocycles. The number of aromatic nitrogens is 2. The van der Waals surface area contributed by atoms with Gasteiger partial charge in [-0.05, 0) is 23.8 Å². The lowest BCUT2D eigenvalue weighted by atomic mass is 10.0. The minimum atomic E-state index is -0.463. The molecule has 0 amide bonds. The van der Waals surface area contributed by atoms with Gasteiger partial charge in [-0.15, -0.1) is 0 Å². The number of pyridine rings is 2. The molecule has 0 N–H and O–H groups in total. The maximum Gasteiger partial charge on any atom is 0.287 e. The molecule has 7 heteroatoms. The van der Waals surface area contributed by atoms with Crippen LogP contribution in [0.1, 0.15) is 11.3 Å². The zero-order valence-electron chi connectivity index (χ0n) is 13.2. The van der Waals surface area contributed by atoms with Gasteiger partial charge < -0.3 is 9.47 Å². The Morgan fingerprint density at radius 3 is 2.46 bits per heavy atom. The summed E-state index contributed by atoms with van der Waals surface area (Å²) < 4.78 is 10.6. The number of nitrogens with zero attached hydrogens (tertiary/aromatic N) is 3. The molecule has 1 aromatic carbocycles. The summed E-state index contributed by atoms with van der Waals surface area (Å²) in [6, 6.07) is 8.71. The molecule has 3 rings (SSSR count). The molecule has 0 fully saturated rings. The van der Waals surface area contributed by atoms with Gasteiger partial charge in [0.1, 0.15) is 6.20 Å². The van der Waals surface area contributed by atoms with Crippen LogP contribution in [0.4, 0.5) is 5.69 Å². The van der Waals surface area contributed by atoms with E-state index in [1.807, 2.05) is 18.2 Å². The summed E-state index contributed by atoms with van der Waals surface area (Å²) in [5.74, 6) is 1.24. The second kappa shape index (κ2) is 6.49. The van der Waals surface area contributed by atoms with Gasteiger partial charge in [-0.3, -0.25) is 20.1 Å². The number of methoxy groups -OCH3 is 2. The molecule has 2 aromatic heterocycles. The predicted molar refractivity (Wildman–Crippen MR) is 88.5 cm³/mol. The van der Waals surface area contributed by atoms with Crippen molar-refractivity contribution < 1.29 is 14.4 Å². The van der Waals surface area contributed by atoms with Crippen LogP contribution >= 0.6 is 0 Å². The van der Waals surface area contributed by atoms with Crippen LogP contribution < -0.4 is 9.47 Å². The minimum Gasteiger partial charge on any atom is -0.493 e. The fraction of sp³-hybridized carbons (Fsp3) is 0.176. The van der Waals surface area contributed by atoms with E-state index >= 15 is 0 Å². The first-order valence-electron chi connectivity index (χ1n) is 7.21. The van der Waals surface area contributed by atoms with Crippen LogP contribution in [0.5, 0.6) is 11.5 Å². The number of ether oxygens (including phenoxy) is 2. The standard InChI is InChI=1S/C17H15N3O4/c1-23-16-8-14-11(5-6-18-15(14)9-17(16)24-2)7-12-3-4-13(10-19-12)20(21)22/h3-6,8-10H,7H2,1-2H3. The first-order chi connectivity index (χ1) is 11.6. The number of rotatable bonds is 5. The van der Waals surface area contributed by atoms with Gasteiger partial charge in [0, 0.05) is 35.8 Å². The molecule has 0 saturated carbocycles. The average Bonchev–Trinajstić information content (AvgIpc) is 2.61. The number of nitro groups is 1. The van der Waals surface area contributed by atoms with Crippen molar-refractivity contribution in [1.29, 1.82) is 0 Å². The average molecular weight is 325 g/mol. The highest BCUT2D eigenvalue weighted by Gasteiger charge is 2.11. The Kier molecular flexibility index (Phi) is 4.24. The largest absolute Gasteiger partial charge is 0.493 e. The van der Waals surface area contributed by atoms with E-state index in [0.29, 0.717) is 17.9 Å². The van der Waals surface area contributed by atoms with Gasteiger partial charge in [-0.2, -0.15) is 0 Å². The summed E-state index contributed by atoms with van der Waals surface area (Å²) in [7, 11) is 3.16. The lowest BCUT2D eigenvalue weighted by Crippen LogP contribution is -1.97. The van der Waals surface area contributed by atoms with Gasteiger partial charge in [0.15, 0.2) is 11.5 Å². The number of fused-ring (bicyclic) bond motifs is 1. The fourth-order valence-electron chi connectivity index (χ4n) is 2.51. The van der Waals surface area contributed by atoms with Crippen molar-refractivity contribution >= 4 is 16.6 Å². The molecule has 0 aliphatic heterocycles. The molecular formula is C17H15N3O4. The van der Waals surface area contributed by atoms with Crippen LogP contribution in [-0.4, -0.2) is 29.1 Å². The fourth-order valence-corrected chi connectivity index (χ4v) is 2.51. The second-order valence-corrected chi connectivity index (χ2v) is 5.14. The molecule has 0 radical (unpaired) electrons. The topological polar surface area (TPSA) is 87.4 Å². The number of benzene rings is 1. The lowest BCUT2D eigenvalue weighted by Gasteiger charge is -2.11. The Hall–Kier alpha value is -3.22. The van der Waals surface area contributed by atoms with Crippen molar-refractivity contribution in [1.82, 2.24) is 9.97 Å². The summed E-state index contributed by atoms with van der Waals surface area (Å²) in [4.78, 5) is 18.8. The first kappa shape index (κ1) is 15.7. The van der Waals surface area contributed by atoms with Gasteiger partial charge >= 0.3 is 0 Å². The monoisotopic (exact) mass is 325 g/mol. The Bertz CT molecular complexity index is 894. The third-order valence-corrected chi connectivity index (χ3v) is 3.73. The van der Waals surface area contributed by atoms with E-state index in [4.69, 9.17) is 9.47 Å². The van der Waals surface area contributed by atoms with Crippen LogP contribution in [0.25, 0.3) is 10.9 Å². The minimum absolute atomic E-state index is 0.0234. The van der Waals surface area contributed by atoms with E-state index in [2.05, 4.69) is 9.97 Å². The molecule has 0 aliphatic carbocycles. The lowest BCUT2D eigenvalue weighted by molar-refractivity contribution is -0.385. The van der Waals surface area contributed by atoms with Crippen LogP contribution in [0.15, 0.2) is 42.7 Å². The van der Waals surface area contributed by atoms with Crippen molar-refractivity contribution in [2.45, 2.75) is 6.42 Å². The summed E-state index contributed by atoms with van der Waals surface area (Å²) >= 11 is 0. The smallest absolute Gasteiger partial charge is 0.287 e. The highest BCUT2D eigenvalue weighted by Crippen LogP contribution is 2.33. The first-order valence-corrected chi connectivity index (χ1v) is 7.21. The maximum atomic E-state index is 10.7.